The standard InChI is InChI=1S/C19H14Br2OS/c20-17-5-1-3-13(9-17)7-15-11-23-12-16(19(15)22)8-14-4-2-6-18(21)10-14/h1-10H,11-12H2/b15-7+,16-8+. The second kappa shape index (κ2) is 7.65. The molecule has 0 amide bonds. The predicted octanol–water partition coefficient (Wildman–Crippen LogP) is 5.99. The number of ketones is 1. The maximum Gasteiger partial charge on any atom is 0.186 e. The molecule has 1 fully saturated rings. The van der Waals surface area contributed by atoms with Gasteiger partial charge in [-0.2, -0.15) is 11.8 Å². The molecule has 2 aromatic carbocycles. The molecule has 0 radical (unpaired) electrons. The molecule has 0 atom stereocenters. The summed E-state index contributed by atoms with van der Waals surface area (Å²) in [5.41, 5.74) is 3.82. The number of rotatable bonds is 2. The van der Waals surface area contributed by atoms with E-state index < -0.39 is 0 Å². The van der Waals surface area contributed by atoms with Gasteiger partial charge in [-0.15, -0.1) is 0 Å². The number of hydrogen-bond acceptors (Lipinski definition) is 2. The summed E-state index contributed by atoms with van der Waals surface area (Å²) in [6.45, 7) is 0. The average molecular weight is 450 g/mol. The van der Waals surface area contributed by atoms with Crippen molar-refractivity contribution >= 4 is 61.6 Å². The Labute approximate surface area is 157 Å². The molecule has 0 N–H and O–H groups in total. The normalized spacial score (nSPS) is 18.6. The van der Waals surface area contributed by atoms with Crippen molar-refractivity contribution in [2.45, 2.75) is 0 Å². The molecule has 0 unspecified atom stereocenters. The van der Waals surface area contributed by atoms with Gasteiger partial charge in [0.05, 0.1) is 0 Å². The van der Waals surface area contributed by atoms with Crippen LogP contribution in [0.2, 0.25) is 0 Å². The van der Waals surface area contributed by atoms with E-state index in [2.05, 4.69) is 31.9 Å². The van der Waals surface area contributed by atoms with E-state index in [-0.39, 0.29) is 5.78 Å². The molecule has 1 nitrogen and oxygen atoms in total. The zero-order chi connectivity index (χ0) is 16.2. The Kier molecular flexibility index (Phi) is 5.57. The lowest BCUT2D eigenvalue weighted by molar-refractivity contribution is -0.112. The molecule has 0 saturated carbocycles. The minimum Gasteiger partial charge on any atom is -0.289 e. The van der Waals surface area contributed by atoms with Crippen LogP contribution in [0.4, 0.5) is 0 Å². The number of carbonyl (C=O) groups is 1. The first-order valence-electron chi connectivity index (χ1n) is 7.16. The van der Waals surface area contributed by atoms with Gasteiger partial charge in [0.2, 0.25) is 0 Å². The van der Waals surface area contributed by atoms with Crippen LogP contribution < -0.4 is 0 Å². The summed E-state index contributed by atoms with van der Waals surface area (Å²) in [5, 5.41) is 0. The molecule has 0 bridgehead atoms. The first-order chi connectivity index (χ1) is 11.1. The molecule has 0 spiro atoms. The Bertz CT molecular complexity index is 743. The second-order valence-electron chi connectivity index (χ2n) is 5.27. The molecule has 1 aliphatic heterocycles. The van der Waals surface area contributed by atoms with Gasteiger partial charge in [0.1, 0.15) is 0 Å². The Balaban J connectivity index is 1.89. The number of carbonyl (C=O) groups excluding carboxylic acids is 1. The molecule has 23 heavy (non-hydrogen) atoms. The fourth-order valence-electron chi connectivity index (χ4n) is 2.42. The highest BCUT2D eigenvalue weighted by Crippen LogP contribution is 2.27. The van der Waals surface area contributed by atoms with Crippen molar-refractivity contribution in [3.63, 3.8) is 0 Å². The van der Waals surface area contributed by atoms with Crippen LogP contribution in [-0.2, 0) is 4.79 Å². The van der Waals surface area contributed by atoms with Crippen molar-refractivity contribution in [3.8, 4) is 0 Å². The van der Waals surface area contributed by atoms with Crippen LogP contribution in [-0.4, -0.2) is 17.3 Å². The Hall–Kier alpha value is -1.10. The molecular formula is C19H14Br2OS. The van der Waals surface area contributed by atoms with Gasteiger partial charge in [-0.1, -0.05) is 56.1 Å². The average Bonchev–Trinajstić information content (AvgIpc) is 2.51. The van der Waals surface area contributed by atoms with Gasteiger partial charge >= 0.3 is 0 Å². The van der Waals surface area contributed by atoms with E-state index in [1.807, 2.05) is 60.7 Å². The molecule has 116 valence electrons. The van der Waals surface area contributed by atoms with E-state index in [9.17, 15) is 4.79 Å². The first-order valence-corrected chi connectivity index (χ1v) is 9.90. The van der Waals surface area contributed by atoms with Crippen molar-refractivity contribution in [2.75, 3.05) is 11.5 Å². The van der Waals surface area contributed by atoms with Crippen LogP contribution in [0.1, 0.15) is 11.1 Å². The summed E-state index contributed by atoms with van der Waals surface area (Å²) >= 11 is 8.72. The fourth-order valence-corrected chi connectivity index (χ4v) is 4.22. The number of thioether (sulfide) groups is 1. The number of benzene rings is 2. The minimum atomic E-state index is 0.156. The summed E-state index contributed by atoms with van der Waals surface area (Å²) in [6, 6.07) is 16.0. The summed E-state index contributed by atoms with van der Waals surface area (Å²) in [7, 11) is 0. The predicted molar refractivity (Wildman–Crippen MR) is 107 cm³/mol. The summed E-state index contributed by atoms with van der Waals surface area (Å²) in [6.07, 6.45) is 3.99. The van der Waals surface area contributed by atoms with Gasteiger partial charge in [-0.25, -0.2) is 0 Å². The molecule has 4 heteroatoms. The first kappa shape index (κ1) is 16.7. The van der Waals surface area contributed by atoms with Crippen molar-refractivity contribution in [3.05, 3.63) is 79.7 Å². The molecule has 0 aliphatic carbocycles. The lowest BCUT2D eigenvalue weighted by Gasteiger charge is -2.16. The molecular weight excluding hydrogens is 436 g/mol. The van der Waals surface area contributed by atoms with Gasteiger partial charge in [0, 0.05) is 31.6 Å². The highest BCUT2D eigenvalue weighted by atomic mass is 79.9. The molecule has 1 aliphatic rings. The van der Waals surface area contributed by atoms with E-state index in [1.54, 1.807) is 11.8 Å². The number of halogens is 2. The fraction of sp³-hybridized carbons (Fsp3) is 0.105. The van der Waals surface area contributed by atoms with E-state index in [4.69, 9.17) is 0 Å². The van der Waals surface area contributed by atoms with Crippen molar-refractivity contribution in [1.82, 2.24) is 0 Å². The number of Topliss-reactive ketones (excluding diaryl/α,β-unsaturated/α-hetero) is 1. The Morgan fingerprint density at radius 2 is 1.30 bits per heavy atom. The lowest BCUT2D eigenvalue weighted by atomic mass is 10.0. The van der Waals surface area contributed by atoms with Gasteiger partial charge in [-0.3, -0.25) is 4.79 Å². The zero-order valence-corrected chi connectivity index (χ0v) is 16.2. The summed E-state index contributed by atoms with van der Waals surface area (Å²) < 4.78 is 2.04. The van der Waals surface area contributed by atoms with E-state index in [1.165, 1.54) is 0 Å². The molecule has 1 heterocycles. The Morgan fingerprint density at radius 3 is 1.74 bits per heavy atom. The summed E-state index contributed by atoms with van der Waals surface area (Å²) in [4.78, 5) is 12.7. The van der Waals surface area contributed by atoms with E-state index in [0.29, 0.717) is 0 Å². The summed E-state index contributed by atoms with van der Waals surface area (Å²) in [5.74, 6) is 1.69. The highest BCUT2D eigenvalue weighted by molar-refractivity contribution is 9.10. The third-order valence-corrected chi connectivity index (χ3v) is 5.49. The van der Waals surface area contributed by atoms with Crippen LogP contribution in [0.5, 0.6) is 0 Å². The SMILES string of the molecule is O=C1/C(=C/c2cccc(Br)c2)CSC/C1=C\c1cccc(Br)c1. The van der Waals surface area contributed by atoms with Crippen LogP contribution in [0.15, 0.2) is 68.6 Å². The molecule has 2 aromatic rings. The third kappa shape index (κ3) is 4.46. The maximum atomic E-state index is 12.7. The lowest BCUT2D eigenvalue weighted by Crippen LogP contribution is -2.16. The van der Waals surface area contributed by atoms with Crippen LogP contribution in [0.3, 0.4) is 0 Å². The van der Waals surface area contributed by atoms with Crippen LogP contribution in [0, 0.1) is 0 Å². The van der Waals surface area contributed by atoms with Crippen molar-refractivity contribution in [1.29, 1.82) is 0 Å². The monoisotopic (exact) mass is 448 g/mol. The van der Waals surface area contributed by atoms with E-state index in [0.717, 1.165) is 42.7 Å². The molecule has 3 rings (SSSR count). The van der Waals surface area contributed by atoms with Crippen molar-refractivity contribution < 1.29 is 4.79 Å². The van der Waals surface area contributed by atoms with Gasteiger partial charge in [0.15, 0.2) is 5.78 Å². The Morgan fingerprint density at radius 1 is 0.826 bits per heavy atom. The third-order valence-electron chi connectivity index (χ3n) is 3.48. The van der Waals surface area contributed by atoms with Gasteiger partial charge in [0.25, 0.3) is 0 Å². The molecule has 0 aromatic heterocycles. The van der Waals surface area contributed by atoms with E-state index >= 15 is 0 Å². The van der Waals surface area contributed by atoms with Crippen molar-refractivity contribution in [2.24, 2.45) is 0 Å². The molecule has 1 saturated heterocycles. The quantitative estimate of drug-likeness (QED) is 0.523. The number of hydrogen-bond donors (Lipinski definition) is 0. The zero-order valence-electron chi connectivity index (χ0n) is 12.3. The topological polar surface area (TPSA) is 17.1 Å². The van der Waals surface area contributed by atoms with Gasteiger partial charge in [-0.05, 0) is 47.5 Å². The smallest absolute Gasteiger partial charge is 0.186 e. The highest BCUT2D eigenvalue weighted by Gasteiger charge is 2.20. The van der Waals surface area contributed by atoms with Gasteiger partial charge < -0.3 is 0 Å². The maximum absolute atomic E-state index is 12.7. The minimum absolute atomic E-state index is 0.156. The second-order valence-corrected chi connectivity index (χ2v) is 8.09. The van der Waals surface area contributed by atoms with Crippen LogP contribution >= 0.6 is 43.6 Å². The van der Waals surface area contributed by atoms with Crippen LogP contribution in [0.25, 0.3) is 12.2 Å². The largest absolute Gasteiger partial charge is 0.289 e.